The number of piperidine rings is 1. The van der Waals surface area contributed by atoms with E-state index in [1.807, 2.05) is 0 Å². The first-order chi connectivity index (χ1) is 7.57. The smallest absolute Gasteiger partial charge is 0.419 e. The lowest BCUT2D eigenvalue weighted by atomic mass is 10.0. The number of ether oxygens (including phenoxy) is 1. The van der Waals surface area contributed by atoms with E-state index in [0.29, 0.717) is 4.90 Å². The third-order valence-electron chi connectivity index (χ3n) is 3.11. The molecular formula is C11H17NO5. The van der Waals surface area contributed by atoms with Gasteiger partial charge in [-0.3, -0.25) is 4.79 Å². The molecule has 1 aliphatic heterocycles. The predicted molar refractivity (Wildman–Crippen MR) is 56.8 cm³/mol. The Labute approximate surface area is 99.2 Å². The van der Waals surface area contributed by atoms with Gasteiger partial charge in [0.1, 0.15) is 11.2 Å². The van der Waals surface area contributed by atoms with Gasteiger partial charge in [0, 0.05) is 6.42 Å². The lowest BCUT2D eigenvalue weighted by Crippen LogP contribution is -2.54. The molecular weight excluding hydrogens is 226 g/mol. The molecule has 2 amide bonds. The van der Waals surface area contributed by atoms with E-state index in [1.165, 1.54) is 0 Å². The number of hydrogen-bond donors (Lipinski definition) is 2. The number of fused-ring (bicyclic) bond motifs is 2. The van der Waals surface area contributed by atoms with E-state index < -0.39 is 28.9 Å². The first-order valence-electron chi connectivity index (χ1n) is 5.60. The van der Waals surface area contributed by atoms with Gasteiger partial charge >= 0.3 is 6.09 Å². The largest absolute Gasteiger partial charge is 0.443 e. The van der Waals surface area contributed by atoms with Gasteiger partial charge in [-0.2, -0.15) is 0 Å². The number of carbonyl (C=O) groups excluding carboxylic acids is 2. The van der Waals surface area contributed by atoms with Crippen LogP contribution in [0.2, 0.25) is 0 Å². The first-order valence-corrected chi connectivity index (χ1v) is 5.60. The third-order valence-corrected chi connectivity index (χ3v) is 3.11. The third kappa shape index (κ3) is 1.81. The molecule has 0 spiro atoms. The molecule has 6 heteroatoms. The van der Waals surface area contributed by atoms with E-state index >= 15 is 0 Å². The predicted octanol–water partition coefficient (Wildman–Crippen LogP) is 0.367. The highest BCUT2D eigenvalue weighted by Gasteiger charge is 2.66. The Hall–Kier alpha value is -1.14. The number of imide groups is 1. The summed E-state index contributed by atoms with van der Waals surface area (Å²) in [6.45, 7) is 5.01. The summed E-state index contributed by atoms with van der Waals surface area (Å²) in [5.74, 6) is -0.763. The van der Waals surface area contributed by atoms with Gasteiger partial charge in [0.2, 0.25) is 0 Å². The highest BCUT2D eigenvalue weighted by molar-refractivity contribution is 6.00. The Morgan fingerprint density at radius 3 is 2.35 bits per heavy atom. The van der Waals surface area contributed by atoms with Crippen LogP contribution in [0.15, 0.2) is 0 Å². The van der Waals surface area contributed by atoms with Crippen LogP contribution >= 0.6 is 0 Å². The molecule has 96 valence electrons. The maximum atomic E-state index is 11.8. The van der Waals surface area contributed by atoms with Crippen molar-refractivity contribution in [3.8, 4) is 0 Å². The van der Waals surface area contributed by atoms with Crippen LogP contribution in [0, 0.1) is 0 Å². The second kappa shape index (κ2) is 3.20. The van der Waals surface area contributed by atoms with Crippen molar-refractivity contribution in [2.75, 3.05) is 0 Å². The van der Waals surface area contributed by atoms with Gasteiger partial charge in [0.15, 0.2) is 5.72 Å². The lowest BCUT2D eigenvalue weighted by Gasteiger charge is -2.34. The average Bonchev–Trinajstić information content (AvgIpc) is 2.49. The van der Waals surface area contributed by atoms with Crippen LogP contribution in [0.25, 0.3) is 0 Å². The first kappa shape index (κ1) is 12.3. The molecule has 2 bridgehead atoms. The molecule has 0 aromatic carbocycles. The summed E-state index contributed by atoms with van der Waals surface area (Å²) in [5.41, 5.74) is -3.95. The molecule has 0 radical (unpaired) electrons. The summed E-state index contributed by atoms with van der Waals surface area (Å²) in [5, 5.41) is 20.1. The van der Waals surface area contributed by atoms with Crippen LogP contribution in [-0.4, -0.2) is 44.0 Å². The van der Waals surface area contributed by atoms with Gasteiger partial charge in [-0.15, -0.1) is 0 Å². The molecule has 0 aromatic heterocycles. The molecule has 2 unspecified atom stereocenters. The molecule has 0 aromatic rings. The Kier molecular flexibility index (Phi) is 2.32. The minimum atomic E-state index is -1.61. The van der Waals surface area contributed by atoms with Crippen molar-refractivity contribution >= 4 is 12.0 Å². The standard InChI is InChI=1S/C11H17NO5/c1-9(2,3)17-8(14)12-7(13)10(15)4-5-11(12,16)6-10/h15-16H,4-6H2,1-3H3. The maximum absolute atomic E-state index is 11.8. The Morgan fingerprint density at radius 1 is 1.35 bits per heavy atom. The summed E-state index contributed by atoms with van der Waals surface area (Å²) in [6.07, 6.45) is -0.658. The zero-order valence-electron chi connectivity index (χ0n) is 10.2. The van der Waals surface area contributed by atoms with Crippen LogP contribution in [0.4, 0.5) is 4.79 Å². The molecule has 1 saturated heterocycles. The summed E-state index contributed by atoms with van der Waals surface area (Å²) < 4.78 is 5.05. The Morgan fingerprint density at radius 2 is 1.94 bits per heavy atom. The highest BCUT2D eigenvalue weighted by Crippen LogP contribution is 2.48. The van der Waals surface area contributed by atoms with Crippen molar-refractivity contribution in [3.05, 3.63) is 0 Å². The van der Waals surface area contributed by atoms with Crippen molar-refractivity contribution < 1.29 is 24.5 Å². The summed E-state index contributed by atoms with van der Waals surface area (Å²) in [7, 11) is 0. The molecule has 1 heterocycles. The van der Waals surface area contributed by atoms with Gasteiger partial charge in [0.05, 0.1) is 0 Å². The van der Waals surface area contributed by atoms with Gasteiger partial charge in [0.25, 0.3) is 5.91 Å². The van der Waals surface area contributed by atoms with E-state index in [-0.39, 0.29) is 19.3 Å². The SMILES string of the molecule is CC(C)(C)OC(=O)N1C(=O)C2(O)CCC1(O)C2. The number of rotatable bonds is 0. The van der Waals surface area contributed by atoms with Crippen molar-refractivity contribution in [1.82, 2.24) is 4.90 Å². The number of carbonyl (C=O) groups is 2. The van der Waals surface area contributed by atoms with Crippen molar-refractivity contribution in [3.63, 3.8) is 0 Å². The summed E-state index contributed by atoms with van der Waals surface area (Å²) >= 11 is 0. The Bertz CT molecular complexity index is 388. The molecule has 2 N–H and O–H groups in total. The molecule has 2 aliphatic rings. The van der Waals surface area contributed by atoms with E-state index in [9.17, 15) is 19.8 Å². The molecule has 2 atom stereocenters. The zero-order valence-corrected chi connectivity index (χ0v) is 10.2. The van der Waals surface area contributed by atoms with E-state index in [1.54, 1.807) is 20.8 Å². The van der Waals surface area contributed by atoms with Crippen LogP contribution in [0.3, 0.4) is 0 Å². The second-order valence-corrected chi connectivity index (χ2v) is 5.81. The minimum Gasteiger partial charge on any atom is -0.443 e. The number of likely N-dealkylation sites (tertiary alicyclic amines) is 1. The van der Waals surface area contributed by atoms with Gasteiger partial charge < -0.3 is 14.9 Å². The van der Waals surface area contributed by atoms with Crippen molar-refractivity contribution in [1.29, 1.82) is 0 Å². The monoisotopic (exact) mass is 243 g/mol. The molecule has 2 fully saturated rings. The fourth-order valence-electron chi connectivity index (χ4n) is 2.38. The fourth-order valence-corrected chi connectivity index (χ4v) is 2.38. The maximum Gasteiger partial charge on any atom is 0.419 e. The van der Waals surface area contributed by atoms with Crippen LogP contribution < -0.4 is 0 Å². The van der Waals surface area contributed by atoms with E-state index in [4.69, 9.17) is 4.74 Å². The van der Waals surface area contributed by atoms with Crippen molar-refractivity contribution in [2.45, 2.75) is 57.0 Å². The zero-order chi connectivity index (χ0) is 13.1. The van der Waals surface area contributed by atoms with E-state index in [2.05, 4.69) is 0 Å². The van der Waals surface area contributed by atoms with Gasteiger partial charge in [-0.1, -0.05) is 0 Å². The van der Waals surface area contributed by atoms with Gasteiger partial charge in [-0.25, -0.2) is 9.69 Å². The Balaban J connectivity index is 2.23. The molecule has 17 heavy (non-hydrogen) atoms. The topological polar surface area (TPSA) is 87.1 Å². The van der Waals surface area contributed by atoms with Crippen LogP contribution in [-0.2, 0) is 9.53 Å². The molecule has 6 nitrogen and oxygen atoms in total. The number of aliphatic hydroxyl groups is 2. The average molecular weight is 243 g/mol. The fraction of sp³-hybridized carbons (Fsp3) is 0.818. The number of nitrogens with zero attached hydrogens (tertiary/aromatic N) is 1. The second-order valence-electron chi connectivity index (χ2n) is 5.81. The van der Waals surface area contributed by atoms with Crippen LogP contribution in [0.5, 0.6) is 0 Å². The highest BCUT2D eigenvalue weighted by atomic mass is 16.6. The molecule has 2 rings (SSSR count). The van der Waals surface area contributed by atoms with Crippen LogP contribution in [0.1, 0.15) is 40.0 Å². The summed E-state index contributed by atoms with van der Waals surface area (Å²) in [6, 6.07) is 0. The quantitative estimate of drug-likeness (QED) is 0.641. The van der Waals surface area contributed by atoms with Crippen molar-refractivity contribution in [2.24, 2.45) is 0 Å². The molecule has 1 aliphatic carbocycles. The van der Waals surface area contributed by atoms with Gasteiger partial charge in [-0.05, 0) is 33.6 Å². The number of amides is 2. The van der Waals surface area contributed by atoms with E-state index in [0.717, 1.165) is 0 Å². The summed E-state index contributed by atoms with van der Waals surface area (Å²) in [4.78, 5) is 24.3. The minimum absolute atomic E-state index is 0.127. The lowest BCUT2D eigenvalue weighted by molar-refractivity contribution is -0.156. The normalized spacial score (nSPS) is 36.5. The number of hydrogen-bond acceptors (Lipinski definition) is 5. The molecule has 1 saturated carbocycles.